The predicted octanol–water partition coefficient (Wildman–Crippen LogP) is 3.29. The van der Waals surface area contributed by atoms with E-state index < -0.39 is 10.0 Å². The molecule has 0 amide bonds. The first-order chi connectivity index (χ1) is 19.7. The number of oxazole rings is 1. The molecule has 0 radical (unpaired) electrons. The molecule has 0 spiro atoms. The number of aromatic nitrogens is 5. The minimum atomic E-state index is -3.43. The number of nitrogens with two attached hydrogens (primary N) is 2. The second-order valence-electron chi connectivity index (χ2n) is 10.2. The topological polar surface area (TPSA) is 176 Å². The Morgan fingerprint density at radius 2 is 1.95 bits per heavy atom. The molecule has 0 unspecified atom stereocenters. The molecule has 0 saturated heterocycles. The van der Waals surface area contributed by atoms with Gasteiger partial charge in [0.05, 0.1) is 17.7 Å². The summed E-state index contributed by atoms with van der Waals surface area (Å²) in [5.41, 5.74) is 18.3. The Hall–Kier alpha value is -4.36. The highest BCUT2D eigenvalue weighted by Gasteiger charge is 2.27. The van der Waals surface area contributed by atoms with Crippen molar-refractivity contribution in [3.05, 3.63) is 59.4 Å². The fourth-order valence-corrected chi connectivity index (χ4v) is 6.75. The number of hydrogen-bond acceptors (Lipinski definition) is 10. The summed E-state index contributed by atoms with van der Waals surface area (Å²) in [5.74, 6) is 0.397. The molecular weight excluding hydrogens is 544 g/mol. The maximum absolute atomic E-state index is 12.9. The quantitative estimate of drug-likeness (QED) is 0.266. The average Bonchev–Trinajstić information content (AvgIpc) is 3.52. The number of sulfonamides is 1. The third kappa shape index (κ3) is 5.25. The number of Topliss-reactive ketones (excluding diaryl/α,β-unsaturated/α-hetero) is 1. The fourth-order valence-electron chi connectivity index (χ4n) is 5.28. The monoisotopic (exact) mass is 574 g/mol. The summed E-state index contributed by atoms with van der Waals surface area (Å²) in [6, 6.07) is 11.6. The second kappa shape index (κ2) is 10.6. The second-order valence-corrected chi connectivity index (χ2v) is 12.3. The van der Waals surface area contributed by atoms with E-state index in [1.807, 2.05) is 24.3 Å². The van der Waals surface area contributed by atoms with Crippen LogP contribution in [0.15, 0.2) is 47.1 Å². The molecule has 2 aromatic carbocycles. The number of hydrogen-bond donors (Lipinski definition) is 2. The molecule has 5 aromatic rings. The van der Waals surface area contributed by atoms with Gasteiger partial charge in [0.1, 0.15) is 29.1 Å². The van der Waals surface area contributed by atoms with Crippen molar-refractivity contribution in [2.24, 2.45) is 0 Å². The standard InChI is InChI=1S/C28H30N8O4S/c1-2-21(37)4-3-11-41(38,39)35-10-9-18-12-17(5-6-20(18)15-35)14-36-27-24(26(29)31-16-32-27)25(34-36)19-7-8-23-22(13-19)33-28(30)40-23/h5-8,12-13,16H,2-4,9-11,14-15H2,1H3,(H2,30,33)(H2,29,31,32). The van der Waals surface area contributed by atoms with Crippen LogP contribution in [0.2, 0.25) is 0 Å². The number of rotatable bonds is 9. The Labute approximate surface area is 236 Å². The maximum atomic E-state index is 12.9. The molecule has 6 rings (SSSR count). The number of carbonyl (C=O) groups is 1. The Kier molecular flexibility index (Phi) is 6.91. The first-order valence-corrected chi connectivity index (χ1v) is 15.1. The van der Waals surface area contributed by atoms with Crippen molar-refractivity contribution in [2.75, 3.05) is 23.8 Å². The fraction of sp³-hybridized carbons (Fsp3) is 0.321. The lowest BCUT2D eigenvalue weighted by Crippen LogP contribution is -2.37. The van der Waals surface area contributed by atoms with Crippen molar-refractivity contribution in [1.29, 1.82) is 0 Å². The van der Waals surface area contributed by atoms with Gasteiger partial charge in [-0.15, -0.1) is 0 Å². The van der Waals surface area contributed by atoms with Gasteiger partial charge < -0.3 is 15.9 Å². The summed E-state index contributed by atoms with van der Waals surface area (Å²) in [6.45, 7) is 2.97. The van der Waals surface area contributed by atoms with Crippen molar-refractivity contribution in [1.82, 2.24) is 29.0 Å². The lowest BCUT2D eigenvalue weighted by atomic mass is 9.98. The Bertz CT molecular complexity index is 1900. The molecule has 0 aliphatic carbocycles. The molecule has 0 fully saturated rings. The van der Waals surface area contributed by atoms with Crippen LogP contribution < -0.4 is 11.5 Å². The molecule has 0 bridgehead atoms. The molecule has 13 heteroatoms. The van der Waals surface area contributed by atoms with Gasteiger partial charge in [0.25, 0.3) is 6.01 Å². The maximum Gasteiger partial charge on any atom is 0.292 e. The summed E-state index contributed by atoms with van der Waals surface area (Å²) >= 11 is 0. The summed E-state index contributed by atoms with van der Waals surface area (Å²) in [7, 11) is -3.43. The van der Waals surface area contributed by atoms with Gasteiger partial charge in [-0.1, -0.05) is 25.1 Å². The first kappa shape index (κ1) is 26.8. The number of nitrogens with zero attached hydrogens (tertiary/aromatic N) is 6. The highest BCUT2D eigenvalue weighted by atomic mass is 32.2. The van der Waals surface area contributed by atoms with Gasteiger partial charge in [0, 0.05) is 31.5 Å². The number of fused-ring (bicyclic) bond motifs is 3. The lowest BCUT2D eigenvalue weighted by Gasteiger charge is -2.28. The van der Waals surface area contributed by atoms with Gasteiger partial charge in [-0.25, -0.2) is 23.1 Å². The van der Waals surface area contributed by atoms with Crippen LogP contribution in [-0.2, 0) is 34.3 Å². The number of ketones is 1. The van der Waals surface area contributed by atoms with Crippen molar-refractivity contribution < 1.29 is 17.6 Å². The Balaban J connectivity index is 1.25. The van der Waals surface area contributed by atoms with Crippen LogP contribution in [0.1, 0.15) is 42.9 Å². The third-order valence-electron chi connectivity index (χ3n) is 7.46. The summed E-state index contributed by atoms with van der Waals surface area (Å²) < 4.78 is 34.5. The molecule has 0 saturated carbocycles. The van der Waals surface area contributed by atoms with E-state index >= 15 is 0 Å². The van der Waals surface area contributed by atoms with E-state index in [9.17, 15) is 13.2 Å². The molecule has 12 nitrogen and oxygen atoms in total. The van der Waals surface area contributed by atoms with Gasteiger partial charge in [-0.3, -0.25) is 4.79 Å². The molecular formula is C28H30N8O4S. The van der Waals surface area contributed by atoms with Crippen molar-refractivity contribution in [3.8, 4) is 11.3 Å². The molecule has 41 heavy (non-hydrogen) atoms. The predicted molar refractivity (Wildman–Crippen MR) is 155 cm³/mol. The van der Waals surface area contributed by atoms with Crippen molar-refractivity contribution >= 4 is 49.8 Å². The van der Waals surface area contributed by atoms with E-state index in [2.05, 4.69) is 21.0 Å². The molecule has 212 valence electrons. The molecule has 4 heterocycles. The zero-order chi connectivity index (χ0) is 28.7. The van der Waals surface area contributed by atoms with E-state index in [1.165, 1.54) is 10.6 Å². The summed E-state index contributed by atoms with van der Waals surface area (Å²) in [4.78, 5) is 24.5. The van der Waals surface area contributed by atoms with Crippen LogP contribution in [-0.4, -0.2) is 55.5 Å². The normalized spacial score (nSPS) is 14.1. The zero-order valence-electron chi connectivity index (χ0n) is 22.6. The largest absolute Gasteiger partial charge is 0.424 e. The van der Waals surface area contributed by atoms with Crippen LogP contribution in [0.5, 0.6) is 0 Å². The molecule has 1 aliphatic rings. The minimum Gasteiger partial charge on any atom is -0.424 e. The SMILES string of the molecule is CCC(=O)CCCS(=O)(=O)N1CCc2cc(Cn3nc(-c4ccc5oc(N)nc5c4)c4c(N)ncnc43)ccc2C1. The average molecular weight is 575 g/mol. The van der Waals surface area contributed by atoms with E-state index in [1.54, 1.807) is 17.7 Å². The zero-order valence-corrected chi connectivity index (χ0v) is 23.4. The number of nitrogen functional groups attached to an aromatic ring is 2. The van der Waals surface area contributed by atoms with E-state index in [-0.39, 0.29) is 17.6 Å². The van der Waals surface area contributed by atoms with Crippen LogP contribution in [0, 0.1) is 0 Å². The molecule has 0 atom stereocenters. The lowest BCUT2D eigenvalue weighted by molar-refractivity contribution is -0.118. The first-order valence-electron chi connectivity index (χ1n) is 13.5. The Morgan fingerprint density at radius 1 is 1.10 bits per heavy atom. The van der Waals surface area contributed by atoms with Crippen LogP contribution in [0.4, 0.5) is 11.8 Å². The third-order valence-corrected chi connectivity index (χ3v) is 9.37. The van der Waals surface area contributed by atoms with Gasteiger partial charge in [-0.2, -0.15) is 14.4 Å². The smallest absolute Gasteiger partial charge is 0.292 e. The van der Waals surface area contributed by atoms with E-state index in [4.69, 9.17) is 21.0 Å². The number of benzene rings is 2. The summed E-state index contributed by atoms with van der Waals surface area (Å²) in [5, 5.41) is 5.51. The van der Waals surface area contributed by atoms with E-state index in [0.717, 1.165) is 22.3 Å². The van der Waals surface area contributed by atoms with Crippen LogP contribution >= 0.6 is 0 Å². The highest BCUT2D eigenvalue weighted by molar-refractivity contribution is 7.89. The van der Waals surface area contributed by atoms with Gasteiger partial charge in [-0.05, 0) is 47.7 Å². The van der Waals surface area contributed by atoms with E-state index in [0.29, 0.717) is 79.0 Å². The van der Waals surface area contributed by atoms with Crippen molar-refractivity contribution in [2.45, 2.75) is 45.7 Å². The highest BCUT2D eigenvalue weighted by Crippen LogP contribution is 2.33. The summed E-state index contributed by atoms with van der Waals surface area (Å²) in [6.07, 6.45) is 3.11. The number of carbonyl (C=O) groups excluding carboxylic acids is 1. The van der Waals surface area contributed by atoms with Gasteiger partial charge in [0.2, 0.25) is 10.0 Å². The Morgan fingerprint density at radius 3 is 2.78 bits per heavy atom. The molecule has 4 N–H and O–H groups in total. The minimum absolute atomic E-state index is 0.0111. The van der Waals surface area contributed by atoms with Gasteiger partial charge >= 0.3 is 0 Å². The van der Waals surface area contributed by atoms with Crippen LogP contribution in [0.3, 0.4) is 0 Å². The van der Waals surface area contributed by atoms with Crippen molar-refractivity contribution in [3.63, 3.8) is 0 Å². The van der Waals surface area contributed by atoms with Gasteiger partial charge in [0.15, 0.2) is 11.2 Å². The number of anilines is 2. The molecule has 1 aliphatic heterocycles. The van der Waals surface area contributed by atoms with Crippen LogP contribution in [0.25, 0.3) is 33.4 Å². The molecule has 3 aromatic heterocycles.